The van der Waals surface area contributed by atoms with Crippen LogP contribution in [0.1, 0.15) is 12.8 Å². The van der Waals surface area contributed by atoms with Gasteiger partial charge in [-0.1, -0.05) is 6.07 Å². The van der Waals surface area contributed by atoms with Crippen molar-refractivity contribution >= 4 is 22.5 Å². The average molecular weight is 294 g/mol. The van der Waals surface area contributed by atoms with Crippen LogP contribution < -0.4 is 15.6 Å². The summed E-state index contributed by atoms with van der Waals surface area (Å²) in [5.41, 5.74) is 0.418. The molecule has 2 aromatic rings. The standard InChI is InChI=1S/C14H16ClN3O2/c1-20-11-6-2-5-10-12(11)13(19)18(14(15)17-10)8-9-4-3-7-16-9/h2,5-6,9,16H,3-4,7-8H2,1H3. The average Bonchev–Trinajstić information content (AvgIpc) is 2.95. The maximum Gasteiger partial charge on any atom is 0.266 e. The van der Waals surface area contributed by atoms with Gasteiger partial charge in [-0.3, -0.25) is 9.36 Å². The normalized spacial score (nSPS) is 18.6. The second-order valence-corrected chi connectivity index (χ2v) is 5.28. The van der Waals surface area contributed by atoms with Crippen LogP contribution >= 0.6 is 11.6 Å². The predicted molar refractivity (Wildman–Crippen MR) is 78.6 cm³/mol. The van der Waals surface area contributed by atoms with E-state index in [0.29, 0.717) is 23.2 Å². The number of hydrogen-bond donors (Lipinski definition) is 1. The zero-order valence-corrected chi connectivity index (χ0v) is 12.0. The van der Waals surface area contributed by atoms with Crippen molar-refractivity contribution in [3.05, 3.63) is 33.8 Å². The highest BCUT2D eigenvalue weighted by Gasteiger charge is 2.19. The Morgan fingerprint density at radius 3 is 3.10 bits per heavy atom. The first-order valence-electron chi connectivity index (χ1n) is 6.67. The van der Waals surface area contributed by atoms with E-state index >= 15 is 0 Å². The third-order valence-corrected chi connectivity index (χ3v) is 3.97. The Morgan fingerprint density at radius 1 is 1.55 bits per heavy atom. The zero-order chi connectivity index (χ0) is 14.1. The van der Waals surface area contributed by atoms with Crippen LogP contribution in [-0.4, -0.2) is 29.2 Å². The first-order valence-corrected chi connectivity index (χ1v) is 7.05. The van der Waals surface area contributed by atoms with Gasteiger partial charge in [-0.25, -0.2) is 4.98 Å². The second kappa shape index (κ2) is 5.42. The molecule has 1 fully saturated rings. The van der Waals surface area contributed by atoms with E-state index < -0.39 is 0 Å². The Morgan fingerprint density at radius 2 is 2.40 bits per heavy atom. The van der Waals surface area contributed by atoms with Gasteiger partial charge in [0.05, 0.1) is 12.6 Å². The Bertz CT molecular complexity index is 693. The lowest BCUT2D eigenvalue weighted by Crippen LogP contribution is -2.33. The van der Waals surface area contributed by atoms with Crippen LogP contribution in [0, 0.1) is 0 Å². The SMILES string of the molecule is COc1cccc2nc(Cl)n(CC3CCCN3)c(=O)c12. The van der Waals surface area contributed by atoms with Crippen molar-refractivity contribution in [2.45, 2.75) is 25.4 Å². The molecule has 1 saturated heterocycles. The highest BCUT2D eigenvalue weighted by Crippen LogP contribution is 2.22. The summed E-state index contributed by atoms with van der Waals surface area (Å²) in [5.74, 6) is 0.532. The molecule has 1 aromatic carbocycles. The number of methoxy groups -OCH3 is 1. The molecule has 1 N–H and O–H groups in total. The minimum absolute atomic E-state index is 0.147. The summed E-state index contributed by atoms with van der Waals surface area (Å²) in [4.78, 5) is 17.0. The fourth-order valence-corrected chi connectivity index (χ4v) is 2.90. The minimum Gasteiger partial charge on any atom is -0.496 e. The predicted octanol–water partition coefficient (Wildman–Crippen LogP) is 1.81. The largest absolute Gasteiger partial charge is 0.496 e. The van der Waals surface area contributed by atoms with Gasteiger partial charge < -0.3 is 10.1 Å². The van der Waals surface area contributed by atoms with Crippen LogP contribution in [-0.2, 0) is 6.54 Å². The lowest BCUT2D eigenvalue weighted by atomic mass is 10.2. The molecular formula is C14H16ClN3O2. The molecule has 1 aromatic heterocycles. The summed E-state index contributed by atoms with van der Waals surface area (Å²) in [6.07, 6.45) is 2.17. The van der Waals surface area contributed by atoms with Crippen molar-refractivity contribution < 1.29 is 4.74 Å². The smallest absolute Gasteiger partial charge is 0.266 e. The van der Waals surface area contributed by atoms with Gasteiger partial charge in [0.1, 0.15) is 11.1 Å². The second-order valence-electron chi connectivity index (χ2n) is 4.94. The molecule has 1 unspecified atom stereocenters. The van der Waals surface area contributed by atoms with E-state index in [9.17, 15) is 4.79 Å². The van der Waals surface area contributed by atoms with Crippen LogP contribution in [0.25, 0.3) is 10.9 Å². The highest BCUT2D eigenvalue weighted by atomic mass is 35.5. The molecule has 1 atom stereocenters. The summed E-state index contributed by atoms with van der Waals surface area (Å²) >= 11 is 6.17. The van der Waals surface area contributed by atoms with Gasteiger partial charge in [0, 0.05) is 12.6 Å². The molecule has 20 heavy (non-hydrogen) atoms. The molecule has 0 radical (unpaired) electrons. The molecule has 0 amide bonds. The van der Waals surface area contributed by atoms with Gasteiger partial charge in [0.15, 0.2) is 0 Å². The van der Waals surface area contributed by atoms with Crippen LogP contribution in [0.15, 0.2) is 23.0 Å². The maximum atomic E-state index is 12.6. The molecule has 0 bridgehead atoms. The van der Waals surface area contributed by atoms with Crippen molar-refractivity contribution in [2.75, 3.05) is 13.7 Å². The lowest BCUT2D eigenvalue weighted by molar-refractivity contribution is 0.418. The van der Waals surface area contributed by atoms with E-state index in [1.165, 1.54) is 4.57 Å². The Balaban J connectivity index is 2.14. The van der Waals surface area contributed by atoms with Gasteiger partial charge in [0.25, 0.3) is 5.56 Å². The quantitative estimate of drug-likeness (QED) is 0.877. The van der Waals surface area contributed by atoms with Gasteiger partial charge >= 0.3 is 0 Å². The van der Waals surface area contributed by atoms with Crippen molar-refractivity contribution in [3.63, 3.8) is 0 Å². The van der Waals surface area contributed by atoms with Gasteiger partial charge in [-0.05, 0) is 43.1 Å². The van der Waals surface area contributed by atoms with Crippen molar-refractivity contribution in [1.82, 2.24) is 14.9 Å². The van der Waals surface area contributed by atoms with E-state index in [1.54, 1.807) is 25.3 Å². The maximum absolute atomic E-state index is 12.6. The zero-order valence-electron chi connectivity index (χ0n) is 11.2. The summed E-state index contributed by atoms with van der Waals surface area (Å²) < 4.78 is 6.78. The van der Waals surface area contributed by atoms with Crippen LogP contribution in [0.3, 0.4) is 0 Å². The van der Waals surface area contributed by atoms with Crippen LogP contribution in [0.4, 0.5) is 0 Å². The first kappa shape index (κ1) is 13.4. The summed E-state index contributed by atoms with van der Waals surface area (Å²) in [7, 11) is 1.55. The van der Waals surface area contributed by atoms with Crippen LogP contribution in [0.2, 0.25) is 5.28 Å². The third-order valence-electron chi connectivity index (χ3n) is 3.68. The van der Waals surface area contributed by atoms with E-state index in [-0.39, 0.29) is 16.9 Å². The van der Waals surface area contributed by atoms with Gasteiger partial charge in [0.2, 0.25) is 5.28 Å². The molecule has 1 aliphatic rings. The molecule has 0 aliphatic carbocycles. The summed E-state index contributed by atoms with van der Waals surface area (Å²) in [6.45, 7) is 1.53. The molecule has 0 spiro atoms. The molecule has 5 nitrogen and oxygen atoms in total. The number of halogens is 1. The summed E-state index contributed by atoms with van der Waals surface area (Å²) in [5, 5.41) is 4.07. The van der Waals surface area contributed by atoms with Crippen molar-refractivity contribution in [3.8, 4) is 5.75 Å². The first-order chi connectivity index (χ1) is 9.70. The fourth-order valence-electron chi connectivity index (χ4n) is 2.67. The molecule has 2 heterocycles. The molecule has 1 aliphatic heterocycles. The van der Waals surface area contributed by atoms with Crippen molar-refractivity contribution in [2.24, 2.45) is 0 Å². The number of hydrogen-bond acceptors (Lipinski definition) is 4. The molecule has 3 rings (SSSR count). The molecule has 6 heteroatoms. The monoisotopic (exact) mass is 293 g/mol. The molecule has 106 valence electrons. The Kier molecular flexibility index (Phi) is 3.63. The van der Waals surface area contributed by atoms with Crippen molar-refractivity contribution in [1.29, 1.82) is 0 Å². The number of aromatic nitrogens is 2. The molecule has 0 saturated carbocycles. The topological polar surface area (TPSA) is 56.1 Å². The number of nitrogens with one attached hydrogen (secondary N) is 1. The number of ether oxygens (including phenoxy) is 1. The van der Waals surface area contributed by atoms with E-state index in [0.717, 1.165) is 19.4 Å². The number of nitrogens with zero attached hydrogens (tertiary/aromatic N) is 2. The lowest BCUT2D eigenvalue weighted by Gasteiger charge is -2.15. The van der Waals surface area contributed by atoms with Crippen LogP contribution in [0.5, 0.6) is 5.75 Å². The minimum atomic E-state index is -0.147. The Hall–Kier alpha value is -1.59. The van der Waals surface area contributed by atoms with E-state index in [1.807, 2.05) is 0 Å². The number of benzene rings is 1. The summed E-state index contributed by atoms with van der Waals surface area (Å²) in [6, 6.07) is 5.60. The fraction of sp³-hybridized carbons (Fsp3) is 0.429. The van der Waals surface area contributed by atoms with E-state index in [4.69, 9.17) is 16.3 Å². The third kappa shape index (κ3) is 2.27. The Labute approximate surface area is 121 Å². The van der Waals surface area contributed by atoms with E-state index in [2.05, 4.69) is 10.3 Å². The number of rotatable bonds is 3. The molecular weight excluding hydrogens is 278 g/mol. The van der Waals surface area contributed by atoms with Gasteiger partial charge in [-0.15, -0.1) is 0 Å². The van der Waals surface area contributed by atoms with Gasteiger partial charge in [-0.2, -0.15) is 0 Å². The number of fused-ring (bicyclic) bond motifs is 1. The highest BCUT2D eigenvalue weighted by molar-refractivity contribution is 6.28.